The summed E-state index contributed by atoms with van der Waals surface area (Å²) in [6.07, 6.45) is -1.11. The molecule has 0 bridgehead atoms. The van der Waals surface area contributed by atoms with Gasteiger partial charge in [0.05, 0.1) is 14.2 Å². The summed E-state index contributed by atoms with van der Waals surface area (Å²) in [7, 11) is 14.9. The maximum Gasteiger partial charge on any atom is 0.415 e. The monoisotopic (exact) mass is 774 g/mol. The summed E-state index contributed by atoms with van der Waals surface area (Å²) in [5.41, 5.74) is 9.80. The van der Waals surface area contributed by atoms with Crippen molar-refractivity contribution >= 4 is 23.6 Å². The van der Waals surface area contributed by atoms with Gasteiger partial charge in [0.1, 0.15) is 23.0 Å². The lowest BCUT2D eigenvalue weighted by Crippen LogP contribution is -2.33. The van der Waals surface area contributed by atoms with Crippen LogP contribution in [0.25, 0.3) is 0 Å². The van der Waals surface area contributed by atoms with Gasteiger partial charge in [-0.05, 0) is 88.5 Å². The van der Waals surface area contributed by atoms with E-state index in [0.29, 0.717) is 19.6 Å². The summed E-state index contributed by atoms with van der Waals surface area (Å²) in [5.74, 6) is 1.93. The van der Waals surface area contributed by atoms with E-state index >= 15 is 0 Å². The average Bonchev–Trinajstić information content (AvgIpc) is 3.20. The van der Waals surface area contributed by atoms with Gasteiger partial charge in [-0.3, -0.25) is 20.2 Å². The highest BCUT2D eigenvalue weighted by atomic mass is 16.6. The first-order valence-corrected chi connectivity index (χ1v) is 18.7. The summed E-state index contributed by atoms with van der Waals surface area (Å²) in [5, 5.41) is 1.82. The van der Waals surface area contributed by atoms with E-state index < -0.39 is 12.2 Å². The molecule has 57 heavy (non-hydrogen) atoms. The first-order valence-electron chi connectivity index (χ1n) is 18.7. The van der Waals surface area contributed by atoms with Gasteiger partial charge in [0, 0.05) is 92.5 Å². The molecule has 0 spiro atoms. The zero-order valence-electron chi connectivity index (χ0n) is 34.2. The largest absolute Gasteiger partial charge is 0.497 e. The lowest BCUT2D eigenvalue weighted by molar-refractivity contribution is 0.144. The third-order valence-corrected chi connectivity index (χ3v) is 9.18. The standard InChI is InChI=1S/C45H54N6O6/c1-47(2)38-17-9-33(10-18-38)29-50(31-35-13-21-40(54-7)22-14-35)44(52)56-42-25-37(28-46-49(5)6)26-43(27-42)57-45(53)51(32-36-15-23-41(55-8)24-16-36)30-34-11-19-39(20-12-34)48(3)4/h9-27,46H,28-32H2,1-8H3. The lowest BCUT2D eigenvalue weighted by Gasteiger charge is -2.24. The molecule has 0 heterocycles. The molecule has 0 radical (unpaired) electrons. The molecular formula is C45H54N6O6. The molecule has 1 N–H and O–H groups in total. The third-order valence-electron chi connectivity index (χ3n) is 9.18. The Morgan fingerprint density at radius 2 is 0.789 bits per heavy atom. The highest BCUT2D eigenvalue weighted by Gasteiger charge is 2.21. The number of hydrazine groups is 1. The molecule has 0 aromatic heterocycles. The van der Waals surface area contributed by atoms with Crippen molar-refractivity contribution in [3.05, 3.63) is 143 Å². The number of carbonyl (C=O) groups excluding carboxylic acids is 2. The SMILES string of the molecule is COc1ccc(CN(Cc2ccc(N(C)C)cc2)C(=O)Oc2cc(CNN(C)C)cc(OC(=O)N(Cc3ccc(OC)cc3)Cc3ccc(N(C)C)cc3)c2)cc1. The van der Waals surface area contributed by atoms with E-state index in [2.05, 4.69) is 5.43 Å². The summed E-state index contributed by atoms with van der Waals surface area (Å²) in [6, 6.07) is 36.4. The highest BCUT2D eigenvalue weighted by molar-refractivity contribution is 5.73. The van der Waals surface area contributed by atoms with Gasteiger partial charge in [-0.15, -0.1) is 0 Å². The molecule has 5 aromatic carbocycles. The first kappa shape index (κ1) is 41.9. The van der Waals surface area contributed by atoms with Crippen LogP contribution in [-0.2, 0) is 32.7 Å². The van der Waals surface area contributed by atoms with Crippen molar-refractivity contribution in [1.29, 1.82) is 0 Å². The average molecular weight is 775 g/mol. The second-order valence-corrected chi connectivity index (χ2v) is 14.3. The number of carbonyl (C=O) groups is 2. The highest BCUT2D eigenvalue weighted by Crippen LogP contribution is 2.27. The van der Waals surface area contributed by atoms with Crippen LogP contribution >= 0.6 is 0 Å². The van der Waals surface area contributed by atoms with Gasteiger partial charge in [0.2, 0.25) is 0 Å². The minimum atomic E-state index is -0.556. The Bertz CT molecular complexity index is 1900. The van der Waals surface area contributed by atoms with Gasteiger partial charge in [-0.1, -0.05) is 48.5 Å². The second-order valence-electron chi connectivity index (χ2n) is 14.3. The molecule has 0 aliphatic rings. The van der Waals surface area contributed by atoms with Crippen molar-refractivity contribution in [2.45, 2.75) is 32.7 Å². The van der Waals surface area contributed by atoms with Crippen LogP contribution in [0, 0.1) is 0 Å². The van der Waals surface area contributed by atoms with Crippen LogP contribution in [0.4, 0.5) is 21.0 Å². The Morgan fingerprint density at radius 3 is 1.09 bits per heavy atom. The topological polar surface area (TPSA) is 99.3 Å². The summed E-state index contributed by atoms with van der Waals surface area (Å²) < 4.78 is 22.9. The van der Waals surface area contributed by atoms with Crippen molar-refractivity contribution in [2.75, 3.05) is 66.3 Å². The van der Waals surface area contributed by atoms with Gasteiger partial charge >= 0.3 is 12.2 Å². The Kier molecular flexibility index (Phi) is 14.8. The van der Waals surface area contributed by atoms with E-state index in [9.17, 15) is 9.59 Å². The maximum absolute atomic E-state index is 14.1. The number of nitrogens with zero attached hydrogens (tertiary/aromatic N) is 5. The molecule has 0 atom stereocenters. The van der Waals surface area contributed by atoms with E-state index in [1.807, 2.05) is 154 Å². The van der Waals surface area contributed by atoms with Gasteiger partial charge in [0.25, 0.3) is 0 Å². The van der Waals surface area contributed by atoms with Gasteiger partial charge < -0.3 is 28.7 Å². The number of ether oxygens (including phenoxy) is 4. The molecule has 2 amide bonds. The number of nitrogens with one attached hydrogen (secondary N) is 1. The van der Waals surface area contributed by atoms with E-state index in [4.69, 9.17) is 18.9 Å². The minimum Gasteiger partial charge on any atom is -0.497 e. The van der Waals surface area contributed by atoms with Crippen LogP contribution in [0.1, 0.15) is 27.8 Å². The molecule has 0 aliphatic carbocycles. The maximum atomic E-state index is 14.1. The van der Waals surface area contributed by atoms with Crippen LogP contribution in [0.15, 0.2) is 115 Å². The van der Waals surface area contributed by atoms with Crippen LogP contribution in [-0.4, -0.2) is 83.5 Å². The minimum absolute atomic E-state index is 0.240. The fourth-order valence-corrected chi connectivity index (χ4v) is 5.94. The smallest absolute Gasteiger partial charge is 0.415 e. The summed E-state index contributed by atoms with van der Waals surface area (Å²) in [6.45, 7) is 1.58. The van der Waals surface area contributed by atoms with Crippen LogP contribution in [0.3, 0.4) is 0 Å². The van der Waals surface area contributed by atoms with E-state index in [1.54, 1.807) is 42.2 Å². The Hall–Kier alpha value is -6.24. The van der Waals surface area contributed by atoms with Crippen LogP contribution in [0.2, 0.25) is 0 Å². The van der Waals surface area contributed by atoms with Crippen molar-refractivity contribution in [3.8, 4) is 23.0 Å². The zero-order chi connectivity index (χ0) is 40.9. The van der Waals surface area contributed by atoms with Crippen LogP contribution in [0.5, 0.6) is 23.0 Å². The Labute approximate surface area is 336 Å². The molecule has 12 nitrogen and oxygen atoms in total. The zero-order valence-corrected chi connectivity index (χ0v) is 34.2. The normalized spacial score (nSPS) is 10.8. The summed E-state index contributed by atoms with van der Waals surface area (Å²) >= 11 is 0. The van der Waals surface area contributed by atoms with Gasteiger partial charge in [-0.25, -0.2) is 9.59 Å². The quantitative estimate of drug-likeness (QED) is 0.0943. The van der Waals surface area contributed by atoms with Gasteiger partial charge in [0.15, 0.2) is 0 Å². The number of amides is 2. The fraction of sp³-hybridized carbons (Fsp3) is 0.289. The second kappa shape index (κ2) is 20.1. The molecule has 0 saturated heterocycles. The van der Waals surface area contributed by atoms with Crippen LogP contribution < -0.4 is 34.2 Å². The molecule has 0 aliphatic heterocycles. The van der Waals surface area contributed by atoms with E-state index in [-0.39, 0.29) is 24.6 Å². The number of methoxy groups -OCH3 is 2. The molecule has 12 heteroatoms. The molecule has 5 aromatic rings. The summed E-state index contributed by atoms with van der Waals surface area (Å²) in [4.78, 5) is 35.5. The number of anilines is 2. The van der Waals surface area contributed by atoms with Crippen molar-refractivity contribution in [1.82, 2.24) is 20.2 Å². The van der Waals surface area contributed by atoms with Crippen molar-refractivity contribution in [2.24, 2.45) is 0 Å². The third kappa shape index (κ3) is 12.6. The number of rotatable bonds is 17. The number of hydrogen-bond acceptors (Lipinski definition) is 10. The van der Waals surface area contributed by atoms with Crippen molar-refractivity contribution in [3.63, 3.8) is 0 Å². The number of hydrogen-bond donors (Lipinski definition) is 1. The molecule has 0 saturated carbocycles. The predicted octanol–water partition coefficient (Wildman–Crippen LogP) is 7.80. The fourth-order valence-electron chi connectivity index (χ4n) is 5.94. The molecule has 0 unspecified atom stereocenters. The van der Waals surface area contributed by atoms with Gasteiger partial charge in [-0.2, -0.15) is 0 Å². The first-order chi connectivity index (χ1) is 27.4. The molecule has 300 valence electrons. The lowest BCUT2D eigenvalue weighted by atomic mass is 10.1. The van der Waals surface area contributed by atoms with E-state index in [1.165, 1.54) is 0 Å². The molecule has 0 fully saturated rings. The Morgan fingerprint density at radius 1 is 0.456 bits per heavy atom. The Balaban J connectivity index is 1.42. The molecular weight excluding hydrogens is 721 g/mol. The van der Waals surface area contributed by atoms with E-state index in [0.717, 1.165) is 50.7 Å². The number of benzene rings is 5. The molecule has 5 rings (SSSR count). The van der Waals surface area contributed by atoms with Crippen molar-refractivity contribution < 1.29 is 28.5 Å². The predicted molar refractivity (Wildman–Crippen MR) is 225 cm³/mol.